The van der Waals surface area contributed by atoms with E-state index in [0.29, 0.717) is 11.5 Å². The summed E-state index contributed by atoms with van der Waals surface area (Å²) >= 11 is 3.46. The molecule has 6 heteroatoms. The molecule has 23 heavy (non-hydrogen) atoms. The molecule has 0 saturated heterocycles. The fourth-order valence-electron chi connectivity index (χ4n) is 2.13. The molecule has 0 atom stereocenters. The van der Waals surface area contributed by atoms with Gasteiger partial charge < -0.3 is 10.6 Å². The monoisotopic (exact) mass is 368 g/mol. The number of hydrogen-bond donors (Lipinski definition) is 2. The molecule has 0 spiro atoms. The number of nitrogens with zero attached hydrogens (tertiary/aromatic N) is 2. The second-order valence-electron chi connectivity index (χ2n) is 4.78. The largest absolute Gasteiger partial charge is 0.340 e. The number of nitrogens with one attached hydrogen (secondary N) is 2. The summed E-state index contributed by atoms with van der Waals surface area (Å²) in [6.07, 6.45) is 2.75. The highest BCUT2D eigenvalue weighted by molar-refractivity contribution is 9.10. The van der Waals surface area contributed by atoms with Crippen molar-refractivity contribution in [3.63, 3.8) is 0 Å². The fraction of sp³-hybridized carbons (Fsp3) is 0. The first kappa shape index (κ1) is 15.2. The molecule has 5 nitrogen and oxygen atoms in total. The summed E-state index contributed by atoms with van der Waals surface area (Å²) in [6.45, 7) is 3.44. The van der Waals surface area contributed by atoms with E-state index in [1.165, 1.54) is 12.4 Å². The Bertz CT molecular complexity index is 895. The van der Waals surface area contributed by atoms with Crippen molar-refractivity contribution in [3.05, 3.63) is 65.9 Å². The second-order valence-corrected chi connectivity index (χ2v) is 5.70. The number of fused-ring (bicyclic) bond motifs is 1. The van der Waals surface area contributed by atoms with Gasteiger partial charge in [0.1, 0.15) is 12.1 Å². The van der Waals surface area contributed by atoms with E-state index in [1.54, 1.807) is 6.07 Å². The van der Waals surface area contributed by atoms with E-state index < -0.39 is 0 Å². The summed E-state index contributed by atoms with van der Waals surface area (Å²) in [7, 11) is 0. The molecule has 114 valence electrons. The molecule has 0 radical (unpaired) electrons. The molecule has 0 aliphatic rings. The molecule has 1 heterocycles. The topological polar surface area (TPSA) is 66.9 Å². The standard InChI is InChI=1S/C17H13BrN4O/c1-2-16(23)21-12-4-3-5-13(9-12)22-17-14-8-11(18)6-7-15(14)19-10-20-17/h2-10H,1H2,(H,21,23)(H,19,20,22). The highest BCUT2D eigenvalue weighted by Gasteiger charge is 2.06. The van der Waals surface area contributed by atoms with Crippen LogP contribution in [-0.4, -0.2) is 15.9 Å². The molecule has 2 N–H and O–H groups in total. The average Bonchev–Trinajstić information content (AvgIpc) is 2.55. The maximum absolute atomic E-state index is 11.4. The third kappa shape index (κ3) is 3.54. The Morgan fingerprint density at radius 2 is 1.96 bits per heavy atom. The summed E-state index contributed by atoms with van der Waals surface area (Å²) in [6, 6.07) is 13.2. The van der Waals surface area contributed by atoms with Crippen LogP contribution in [0.1, 0.15) is 0 Å². The van der Waals surface area contributed by atoms with E-state index in [4.69, 9.17) is 0 Å². The minimum Gasteiger partial charge on any atom is -0.340 e. The van der Waals surface area contributed by atoms with Gasteiger partial charge in [-0.1, -0.05) is 28.6 Å². The van der Waals surface area contributed by atoms with Gasteiger partial charge in [0.15, 0.2) is 0 Å². The Kier molecular flexibility index (Phi) is 4.34. The van der Waals surface area contributed by atoms with Gasteiger partial charge in [0.25, 0.3) is 0 Å². The van der Waals surface area contributed by atoms with E-state index in [9.17, 15) is 4.79 Å². The summed E-state index contributed by atoms with van der Waals surface area (Å²) in [4.78, 5) is 19.9. The number of benzene rings is 2. The van der Waals surface area contributed by atoms with Crippen LogP contribution in [0.25, 0.3) is 10.9 Å². The number of amides is 1. The van der Waals surface area contributed by atoms with Gasteiger partial charge >= 0.3 is 0 Å². The Labute approximate surface area is 141 Å². The molecule has 1 amide bonds. The van der Waals surface area contributed by atoms with Gasteiger partial charge in [-0.3, -0.25) is 4.79 Å². The lowest BCUT2D eigenvalue weighted by atomic mass is 10.2. The lowest BCUT2D eigenvalue weighted by Crippen LogP contribution is -2.07. The Hall–Kier alpha value is -2.73. The predicted octanol–water partition coefficient (Wildman–Crippen LogP) is 4.26. The quantitative estimate of drug-likeness (QED) is 0.675. The van der Waals surface area contributed by atoms with Crippen molar-refractivity contribution in [3.8, 4) is 0 Å². The molecule has 2 aromatic carbocycles. The first-order valence-corrected chi connectivity index (χ1v) is 7.66. The first-order chi connectivity index (χ1) is 11.2. The van der Waals surface area contributed by atoms with Crippen LogP contribution >= 0.6 is 15.9 Å². The van der Waals surface area contributed by atoms with Gasteiger partial charge in [-0.25, -0.2) is 9.97 Å². The maximum Gasteiger partial charge on any atom is 0.247 e. The molecule has 1 aromatic heterocycles. The molecule has 0 bridgehead atoms. The number of halogens is 1. The van der Waals surface area contributed by atoms with E-state index in [-0.39, 0.29) is 5.91 Å². The number of rotatable bonds is 4. The summed E-state index contributed by atoms with van der Waals surface area (Å²) in [5.41, 5.74) is 2.34. The fourth-order valence-corrected chi connectivity index (χ4v) is 2.49. The zero-order valence-corrected chi connectivity index (χ0v) is 13.7. The van der Waals surface area contributed by atoms with Crippen molar-refractivity contribution in [1.29, 1.82) is 0 Å². The lowest BCUT2D eigenvalue weighted by molar-refractivity contribution is -0.111. The van der Waals surface area contributed by atoms with Crippen LogP contribution in [0.15, 0.2) is 65.9 Å². The number of carbonyl (C=O) groups is 1. The van der Waals surface area contributed by atoms with Gasteiger partial charge in [0, 0.05) is 21.2 Å². The van der Waals surface area contributed by atoms with Crippen molar-refractivity contribution in [2.24, 2.45) is 0 Å². The number of carbonyl (C=O) groups excluding carboxylic acids is 1. The van der Waals surface area contributed by atoms with Gasteiger partial charge in [0.2, 0.25) is 5.91 Å². The number of anilines is 3. The van der Waals surface area contributed by atoms with Crippen LogP contribution in [0.3, 0.4) is 0 Å². The van der Waals surface area contributed by atoms with Gasteiger partial charge in [-0.2, -0.15) is 0 Å². The van der Waals surface area contributed by atoms with Crippen molar-refractivity contribution in [2.45, 2.75) is 0 Å². The van der Waals surface area contributed by atoms with E-state index >= 15 is 0 Å². The highest BCUT2D eigenvalue weighted by atomic mass is 79.9. The Balaban J connectivity index is 1.93. The van der Waals surface area contributed by atoms with Gasteiger partial charge in [-0.15, -0.1) is 0 Å². The lowest BCUT2D eigenvalue weighted by Gasteiger charge is -2.10. The van der Waals surface area contributed by atoms with E-state index in [2.05, 4.69) is 43.1 Å². The van der Waals surface area contributed by atoms with Crippen molar-refractivity contribution < 1.29 is 4.79 Å². The van der Waals surface area contributed by atoms with Crippen molar-refractivity contribution in [2.75, 3.05) is 10.6 Å². The molecular formula is C17H13BrN4O. The van der Waals surface area contributed by atoms with Crippen LogP contribution in [0.2, 0.25) is 0 Å². The molecule has 3 rings (SSSR count). The summed E-state index contributed by atoms with van der Waals surface area (Å²) in [5, 5.41) is 6.89. The summed E-state index contributed by atoms with van der Waals surface area (Å²) in [5.74, 6) is 0.446. The molecule has 3 aromatic rings. The van der Waals surface area contributed by atoms with Crippen LogP contribution < -0.4 is 10.6 Å². The Morgan fingerprint density at radius 3 is 2.78 bits per heavy atom. The zero-order valence-electron chi connectivity index (χ0n) is 12.1. The van der Waals surface area contributed by atoms with Crippen LogP contribution in [-0.2, 0) is 4.79 Å². The van der Waals surface area contributed by atoms with Gasteiger partial charge in [0.05, 0.1) is 5.52 Å². The second kappa shape index (κ2) is 6.58. The molecule has 0 saturated carbocycles. The molecule has 0 aliphatic heterocycles. The van der Waals surface area contributed by atoms with Gasteiger partial charge in [-0.05, 0) is 42.5 Å². The SMILES string of the molecule is C=CC(=O)Nc1cccc(Nc2ncnc3ccc(Br)cc23)c1. The van der Waals surface area contributed by atoms with Crippen LogP contribution in [0.5, 0.6) is 0 Å². The summed E-state index contributed by atoms with van der Waals surface area (Å²) < 4.78 is 0.954. The predicted molar refractivity (Wildman–Crippen MR) is 95.8 cm³/mol. The molecule has 0 fully saturated rings. The van der Waals surface area contributed by atoms with Crippen LogP contribution in [0, 0.1) is 0 Å². The highest BCUT2D eigenvalue weighted by Crippen LogP contribution is 2.26. The zero-order chi connectivity index (χ0) is 16.2. The smallest absolute Gasteiger partial charge is 0.247 e. The minimum atomic E-state index is -0.251. The van der Waals surface area contributed by atoms with E-state index in [1.807, 2.05) is 36.4 Å². The Morgan fingerprint density at radius 1 is 1.13 bits per heavy atom. The normalized spacial score (nSPS) is 10.3. The number of aromatic nitrogens is 2. The van der Waals surface area contributed by atoms with Crippen LogP contribution in [0.4, 0.5) is 17.2 Å². The third-order valence-corrected chi connectivity index (χ3v) is 3.67. The molecule has 0 aliphatic carbocycles. The first-order valence-electron chi connectivity index (χ1n) is 6.86. The van der Waals surface area contributed by atoms with E-state index in [0.717, 1.165) is 21.1 Å². The molecule has 0 unspecified atom stereocenters. The van der Waals surface area contributed by atoms with Crippen molar-refractivity contribution in [1.82, 2.24) is 9.97 Å². The maximum atomic E-state index is 11.4. The third-order valence-electron chi connectivity index (χ3n) is 3.18. The molecular weight excluding hydrogens is 356 g/mol. The minimum absolute atomic E-state index is 0.251. The average molecular weight is 369 g/mol. The van der Waals surface area contributed by atoms with Crippen molar-refractivity contribution >= 4 is 49.9 Å². The number of hydrogen-bond acceptors (Lipinski definition) is 4.